The van der Waals surface area contributed by atoms with Gasteiger partial charge in [-0.05, 0) is 31.2 Å². The van der Waals surface area contributed by atoms with Crippen molar-refractivity contribution in [3.63, 3.8) is 0 Å². The van der Waals surface area contributed by atoms with Crippen LogP contribution in [0.2, 0.25) is 0 Å². The van der Waals surface area contributed by atoms with Gasteiger partial charge in [-0.3, -0.25) is 9.59 Å². The van der Waals surface area contributed by atoms with E-state index >= 15 is 0 Å². The van der Waals surface area contributed by atoms with Crippen LogP contribution in [-0.2, 0) is 60.9 Å². The van der Waals surface area contributed by atoms with Crippen molar-refractivity contribution < 1.29 is 75.8 Å². The first-order chi connectivity index (χ1) is 31.0. The fourth-order valence-electron chi connectivity index (χ4n) is 5.67. The lowest BCUT2D eigenvalue weighted by atomic mass is 10.1. The third kappa shape index (κ3) is 14.0. The number of benzene rings is 2. The van der Waals surface area contributed by atoms with Gasteiger partial charge in [0, 0.05) is 41.0 Å². The van der Waals surface area contributed by atoms with Crippen LogP contribution in [0.5, 0.6) is 0 Å². The van der Waals surface area contributed by atoms with E-state index in [0.29, 0.717) is 48.3 Å². The maximum atomic E-state index is 13.9. The second-order valence-corrected chi connectivity index (χ2v) is 14.5. The molecule has 0 fully saturated rings. The van der Waals surface area contributed by atoms with Gasteiger partial charge in [0.2, 0.25) is 11.6 Å². The summed E-state index contributed by atoms with van der Waals surface area (Å²) in [6.45, 7) is 3.50. The molecule has 65 heavy (non-hydrogen) atoms. The second-order valence-electron chi connectivity index (χ2n) is 12.8. The van der Waals surface area contributed by atoms with Gasteiger partial charge in [-0.2, -0.15) is 0 Å². The Balaban J connectivity index is 0.000000293. The van der Waals surface area contributed by atoms with Crippen LogP contribution in [0.25, 0.3) is 21.8 Å². The highest BCUT2D eigenvalue weighted by molar-refractivity contribution is 7.12. The molecular formula is C43H47FN4O15S2. The Labute approximate surface area is 379 Å². The minimum atomic E-state index is -0.786. The van der Waals surface area contributed by atoms with E-state index in [1.54, 1.807) is 36.9 Å². The molecule has 19 nitrogen and oxygen atoms in total. The Morgan fingerprint density at radius 1 is 0.646 bits per heavy atom. The number of hydrogen-bond donors (Lipinski definition) is 0. The van der Waals surface area contributed by atoms with Crippen LogP contribution in [0.3, 0.4) is 0 Å². The molecule has 6 rings (SSSR count). The molecule has 0 unspecified atom stereocenters. The normalized spacial score (nSPS) is 10.7. The van der Waals surface area contributed by atoms with Crippen LogP contribution in [-0.4, -0.2) is 129 Å². The summed E-state index contributed by atoms with van der Waals surface area (Å²) >= 11 is 2.05. The number of methoxy groups -OCH3 is 3. The van der Waals surface area contributed by atoms with Gasteiger partial charge < -0.3 is 51.8 Å². The number of rotatable bonds is 22. The van der Waals surface area contributed by atoms with Gasteiger partial charge >= 0.3 is 24.1 Å². The molecule has 22 heteroatoms. The molecule has 0 bridgehead atoms. The standard InChI is InChI=1S/C24H27FN2O9S.C18H16N2O6S.CH4/c1-31-5-6-33-7-8-34-9-10-35-13-21(28)36-15-27-12-18(17-4-3-16(25)11-20(17)27)22(29)23-26-19(14-37-23)24(30)32-2;1-3-25-18(23)26-10-20-8-12(11-6-4-5-7-14(11)20)15(21)16-19-13(9-27-16)17(22)24-2;/h3-4,11-12,14H,5-10,13,15H2,1-2H3;4-9H,3,10H2,1-2H3;1H4. The number of esters is 3. The molecule has 4 heterocycles. The molecule has 4 aromatic heterocycles. The number of nitrogens with zero attached hydrogens (tertiary/aromatic N) is 4. The number of aromatic nitrogens is 4. The summed E-state index contributed by atoms with van der Waals surface area (Å²) in [6.07, 6.45) is 2.25. The van der Waals surface area contributed by atoms with Gasteiger partial charge in [-0.15, -0.1) is 22.7 Å². The number of fused-ring (bicyclic) bond motifs is 2. The number of hydrogen-bond acceptors (Lipinski definition) is 19. The molecule has 348 valence electrons. The molecule has 0 aliphatic heterocycles. The van der Waals surface area contributed by atoms with E-state index in [9.17, 15) is 33.2 Å². The molecule has 0 amide bonds. The lowest BCUT2D eigenvalue weighted by Gasteiger charge is -2.08. The fraction of sp³-hybridized carbons (Fsp3) is 0.349. The van der Waals surface area contributed by atoms with Crippen molar-refractivity contribution in [2.45, 2.75) is 27.8 Å². The number of para-hydroxylation sites is 1. The molecule has 2 aromatic carbocycles. The first-order valence-electron chi connectivity index (χ1n) is 19.2. The lowest BCUT2D eigenvalue weighted by molar-refractivity contribution is -0.153. The Morgan fingerprint density at radius 2 is 1.17 bits per heavy atom. The Bertz CT molecular complexity index is 2570. The number of carbonyl (C=O) groups is 6. The summed E-state index contributed by atoms with van der Waals surface area (Å²) in [4.78, 5) is 80.8. The largest absolute Gasteiger partial charge is 0.510 e. The Kier molecular flexibility index (Phi) is 20.3. The van der Waals surface area contributed by atoms with Gasteiger partial charge in [0.1, 0.15) is 12.4 Å². The maximum absolute atomic E-state index is 13.9. The smallest absolute Gasteiger partial charge is 0.464 e. The van der Waals surface area contributed by atoms with E-state index in [1.807, 2.05) is 12.1 Å². The Hall–Kier alpha value is -6.43. The van der Waals surface area contributed by atoms with Crippen molar-refractivity contribution in [3.05, 3.63) is 104 Å². The van der Waals surface area contributed by atoms with Crippen molar-refractivity contribution in [1.82, 2.24) is 19.1 Å². The first kappa shape index (κ1) is 51.2. The van der Waals surface area contributed by atoms with Crippen molar-refractivity contribution >= 4 is 80.1 Å². The van der Waals surface area contributed by atoms with Crippen molar-refractivity contribution in [3.8, 4) is 0 Å². The lowest BCUT2D eigenvalue weighted by Crippen LogP contribution is -2.17. The van der Waals surface area contributed by atoms with Crippen molar-refractivity contribution in [2.75, 3.05) is 74.2 Å². The topological polar surface area (TPSA) is 221 Å². The van der Waals surface area contributed by atoms with Crippen LogP contribution in [0.1, 0.15) is 66.1 Å². The average molecular weight is 943 g/mol. The van der Waals surface area contributed by atoms with E-state index in [1.165, 1.54) is 53.9 Å². The van der Waals surface area contributed by atoms with Crippen LogP contribution in [0.4, 0.5) is 9.18 Å². The van der Waals surface area contributed by atoms with Crippen LogP contribution in [0, 0.1) is 5.82 Å². The molecule has 0 aliphatic rings. The highest BCUT2D eigenvalue weighted by Gasteiger charge is 2.24. The number of thiazole rings is 2. The van der Waals surface area contributed by atoms with E-state index in [4.69, 9.17) is 33.2 Å². The predicted molar refractivity (Wildman–Crippen MR) is 233 cm³/mol. The SMILES string of the molecule is C.CCOC(=O)OCn1cc(C(=O)c2nc(C(=O)OC)cs2)c2ccccc21.COCCOCCOCCOCC(=O)OCn1cc(C(=O)c2nc(C(=O)OC)cs2)c2ccc(F)cc21. The monoisotopic (exact) mass is 942 g/mol. The molecule has 0 spiro atoms. The minimum absolute atomic E-state index is 0. The molecule has 0 saturated carbocycles. The van der Waals surface area contributed by atoms with E-state index in [0.717, 1.165) is 28.2 Å². The van der Waals surface area contributed by atoms with Gasteiger partial charge in [0.15, 0.2) is 34.9 Å². The Morgan fingerprint density at radius 3 is 1.74 bits per heavy atom. The molecule has 6 aromatic rings. The highest BCUT2D eigenvalue weighted by atomic mass is 32.1. The summed E-state index contributed by atoms with van der Waals surface area (Å²) in [7, 11) is 4.06. The van der Waals surface area contributed by atoms with E-state index in [-0.39, 0.29) is 80.1 Å². The maximum Gasteiger partial charge on any atom is 0.510 e. The van der Waals surface area contributed by atoms with Crippen LogP contribution >= 0.6 is 22.7 Å². The van der Waals surface area contributed by atoms with Gasteiger partial charge in [0.25, 0.3) is 0 Å². The molecule has 0 atom stereocenters. The zero-order chi connectivity index (χ0) is 46.0. The number of halogens is 1. The molecule has 0 radical (unpaired) electrons. The number of ketones is 2. The van der Waals surface area contributed by atoms with Crippen molar-refractivity contribution in [1.29, 1.82) is 0 Å². The highest BCUT2D eigenvalue weighted by Crippen LogP contribution is 2.28. The second kappa shape index (κ2) is 25.8. The third-order valence-corrected chi connectivity index (χ3v) is 10.3. The van der Waals surface area contributed by atoms with Gasteiger partial charge in [0.05, 0.1) is 82.6 Å². The van der Waals surface area contributed by atoms with Gasteiger partial charge in [-0.25, -0.2) is 33.5 Å². The summed E-state index contributed by atoms with van der Waals surface area (Å²) in [5.41, 5.74) is 1.78. The fourth-order valence-corrected chi connectivity index (χ4v) is 7.15. The third-order valence-electron chi connectivity index (χ3n) is 8.65. The molecular weight excluding hydrogens is 896 g/mol. The summed E-state index contributed by atoms with van der Waals surface area (Å²) in [5, 5.41) is 4.26. The van der Waals surface area contributed by atoms with Crippen LogP contribution in [0.15, 0.2) is 65.6 Å². The zero-order valence-electron chi connectivity index (χ0n) is 35.0. The zero-order valence-corrected chi connectivity index (χ0v) is 36.7. The summed E-state index contributed by atoms with van der Waals surface area (Å²) in [5.74, 6) is -3.22. The minimum Gasteiger partial charge on any atom is -0.464 e. The first-order valence-corrected chi connectivity index (χ1v) is 21.0. The summed E-state index contributed by atoms with van der Waals surface area (Å²) < 4.78 is 61.9. The number of ether oxygens (including phenoxy) is 9. The summed E-state index contributed by atoms with van der Waals surface area (Å²) in [6, 6.07) is 11.1. The van der Waals surface area contributed by atoms with E-state index < -0.39 is 35.7 Å². The van der Waals surface area contributed by atoms with Crippen LogP contribution < -0.4 is 0 Å². The molecule has 0 saturated heterocycles. The quantitative estimate of drug-likeness (QED) is 0.0314. The number of carbonyl (C=O) groups excluding carboxylic acids is 6. The van der Waals surface area contributed by atoms with E-state index in [2.05, 4.69) is 19.4 Å². The predicted octanol–water partition coefficient (Wildman–Crippen LogP) is 6.33. The molecule has 0 aliphatic carbocycles. The average Bonchev–Trinajstić information content (AvgIpc) is 4.13. The molecule has 0 N–H and O–H groups in total. The van der Waals surface area contributed by atoms with Gasteiger partial charge in [-0.1, -0.05) is 25.6 Å². The van der Waals surface area contributed by atoms with Crippen molar-refractivity contribution in [2.24, 2.45) is 0 Å².